The van der Waals surface area contributed by atoms with E-state index in [1.165, 1.54) is 24.3 Å². The van der Waals surface area contributed by atoms with E-state index in [1.807, 2.05) is 0 Å². The van der Waals surface area contributed by atoms with Crippen LogP contribution in [0.15, 0.2) is 24.3 Å². The maximum absolute atomic E-state index is 12.8. The highest BCUT2D eigenvalue weighted by Gasteiger charge is 2.18. The first-order valence-electron chi connectivity index (χ1n) is 6.36. The lowest BCUT2D eigenvalue weighted by atomic mass is 10.1. The molecule has 0 aliphatic carbocycles. The molecule has 0 heterocycles. The zero-order valence-electron chi connectivity index (χ0n) is 10.7. The van der Waals surface area contributed by atoms with Crippen LogP contribution in [0.1, 0.15) is 44.2 Å². The van der Waals surface area contributed by atoms with Gasteiger partial charge in [0.2, 0.25) is 0 Å². The van der Waals surface area contributed by atoms with Crippen molar-refractivity contribution < 1.29 is 14.3 Å². The van der Waals surface area contributed by atoms with E-state index in [0.717, 1.165) is 25.7 Å². The first-order chi connectivity index (χ1) is 8.65. The van der Waals surface area contributed by atoms with E-state index in [9.17, 15) is 9.18 Å². The Morgan fingerprint density at radius 2 is 1.94 bits per heavy atom. The van der Waals surface area contributed by atoms with Gasteiger partial charge in [0, 0.05) is 0 Å². The molecule has 0 aliphatic heterocycles. The summed E-state index contributed by atoms with van der Waals surface area (Å²) in [6.07, 6.45) is 4.37. The molecule has 0 amide bonds. The summed E-state index contributed by atoms with van der Waals surface area (Å²) >= 11 is 0. The van der Waals surface area contributed by atoms with Crippen molar-refractivity contribution in [1.82, 2.24) is 5.32 Å². The number of nitrogens with one attached hydrogen (secondary N) is 1. The van der Waals surface area contributed by atoms with E-state index in [1.54, 1.807) is 0 Å². The minimum Gasteiger partial charge on any atom is -0.480 e. The van der Waals surface area contributed by atoms with Gasteiger partial charge in [0.15, 0.2) is 0 Å². The molecule has 1 aromatic carbocycles. The van der Waals surface area contributed by atoms with Crippen molar-refractivity contribution in [2.24, 2.45) is 0 Å². The van der Waals surface area contributed by atoms with Gasteiger partial charge in [-0.15, -0.1) is 0 Å². The van der Waals surface area contributed by atoms with Gasteiger partial charge >= 0.3 is 5.97 Å². The van der Waals surface area contributed by atoms with Crippen molar-refractivity contribution in [2.75, 3.05) is 6.54 Å². The van der Waals surface area contributed by atoms with Gasteiger partial charge in [0.05, 0.1) is 0 Å². The fourth-order valence-corrected chi connectivity index (χ4v) is 1.80. The van der Waals surface area contributed by atoms with Gasteiger partial charge in [-0.25, -0.2) is 4.39 Å². The molecule has 0 spiro atoms. The summed E-state index contributed by atoms with van der Waals surface area (Å²) in [5.41, 5.74) is 0.583. The smallest absolute Gasteiger partial charge is 0.325 e. The lowest BCUT2D eigenvalue weighted by molar-refractivity contribution is -0.139. The third-order valence-electron chi connectivity index (χ3n) is 2.83. The first kappa shape index (κ1) is 14.6. The fourth-order valence-electron chi connectivity index (χ4n) is 1.80. The van der Waals surface area contributed by atoms with Crippen molar-refractivity contribution in [3.8, 4) is 0 Å². The third kappa shape index (κ3) is 4.84. The Balaban J connectivity index is 2.50. The van der Waals surface area contributed by atoms with Crippen LogP contribution < -0.4 is 5.32 Å². The van der Waals surface area contributed by atoms with Crippen LogP contribution >= 0.6 is 0 Å². The number of rotatable bonds is 8. The molecule has 0 aliphatic rings. The molecule has 4 heteroatoms. The number of hydrogen-bond acceptors (Lipinski definition) is 2. The summed E-state index contributed by atoms with van der Waals surface area (Å²) in [7, 11) is 0. The molecule has 0 bridgehead atoms. The second-order valence-electron chi connectivity index (χ2n) is 4.34. The molecule has 1 unspecified atom stereocenters. The molecule has 2 N–H and O–H groups in total. The van der Waals surface area contributed by atoms with Crippen LogP contribution in [-0.4, -0.2) is 17.6 Å². The molecule has 0 fully saturated rings. The van der Waals surface area contributed by atoms with Crippen molar-refractivity contribution in [3.63, 3.8) is 0 Å². The van der Waals surface area contributed by atoms with Crippen molar-refractivity contribution in [3.05, 3.63) is 35.6 Å². The quantitative estimate of drug-likeness (QED) is 0.700. The number of unbranched alkanes of at least 4 members (excludes halogenated alkanes) is 3. The van der Waals surface area contributed by atoms with Gasteiger partial charge in [-0.3, -0.25) is 4.79 Å². The van der Waals surface area contributed by atoms with Gasteiger partial charge in [0.1, 0.15) is 11.9 Å². The summed E-state index contributed by atoms with van der Waals surface area (Å²) in [6.45, 7) is 2.79. The Bertz CT molecular complexity index is 365. The summed E-state index contributed by atoms with van der Waals surface area (Å²) < 4.78 is 12.8. The van der Waals surface area contributed by atoms with Crippen LogP contribution in [0, 0.1) is 5.82 Å². The molecule has 1 rings (SSSR count). The van der Waals surface area contributed by atoms with Crippen LogP contribution in [-0.2, 0) is 4.79 Å². The lowest BCUT2D eigenvalue weighted by Crippen LogP contribution is -2.29. The molecule has 0 saturated heterocycles. The molecule has 1 atom stereocenters. The van der Waals surface area contributed by atoms with Crippen LogP contribution in [0.5, 0.6) is 0 Å². The van der Waals surface area contributed by atoms with Gasteiger partial charge in [0.25, 0.3) is 0 Å². The van der Waals surface area contributed by atoms with Crippen LogP contribution in [0.3, 0.4) is 0 Å². The Hall–Kier alpha value is -1.42. The van der Waals surface area contributed by atoms with Crippen LogP contribution in [0.4, 0.5) is 4.39 Å². The Kier molecular flexibility index (Phi) is 6.36. The molecular weight excluding hydrogens is 233 g/mol. The van der Waals surface area contributed by atoms with E-state index in [0.29, 0.717) is 12.1 Å². The first-order valence-corrected chi connectivity index (χ1v) is 6.36. The monoisotopic (exact) mass is 253 g/mol. The lowest BCUT2D eigenvalue weighted by Gasteiger charge is -2.14. The minimum absolute atomic E-state index is 0.356. The number of carboxylic acids is 1. The largest absolute Gasteiger partial charge is 0.480 e. The van der Waals surface area contributed by atoms with Gasteiger partial charge < -0.3 is 10.4 Å². The van der Waals surface area contributed by atoms with Crippen molar-refractivity contribution in [2.45, 2.75) is 38.6 Å². The highest BCUT2D eigenvalue weighted by atomic mass is 19.1. The average molecular weight is 253 g/mol. The molecule has 3 nitrogen and oxygen atoms in total. The second-order valence-corrected chi connectivity index (χ2v) is 4.34. The summed E-state index contributed by atoms with van der Waals surface area (Å²) in [5.74, 6) is -1.29. The van der Waals surface area contributed by atoms with Crippen molar-refractivity contribution >= 4 is 5.97 Å². The molecular formula is C14H20FNO2. The highest BCUT2D eigenvalue weighted by molar-refractivity contribution is 5.75. The molecule has 1 aromatic rings. The second kappa shape index (κ2) is 7.82. The standard InChI is InChI=1S/C14H20FNO2/c1-2-3-4-5-10-16-13(14(17)18)11-6-8-12(15)9-7-11/h6-9,13,16H,2-5,10H2,1H3,(H,17,18). The van der Waals surface area contributed by atoms with E-state index < -0.39 is 12.0 Å². The van der Waals surface area contributed by atoms with E-state index >= 15 is 0 Å². The van der Waals surface area contributed by atoms with E-state index in [-0.39, 0.29) is 5.82 Å². The normalized spacial score (nSPS) is 12.3. The minimum atomic E-state index is -0.933. The third-order valence-corrected chi connectivity index (χ3v) is 2.83. The Morgan fingerprint density at radius 3 is 2.50 bits per heavy atom. The van der Waals surface area contributed by atoms with Gasteiger partial charge in [-0.1, -0.05) is 38.3 Å². The van der Waals surface area contributed by atoms with Gasteiger partial charge in [-0.05, 0) is 30.7 Å². The number of carboxylic acid groups (broad SMARTS) is 1. The van der Waals surface area contributed by atoms with Crippen LogP contribution in [0.2, 0.25) is 0 Å². The van der Waals surface area contributed by atoms with Crippen molar-refractivity contribution in [1.29, 1.82) is 0 Å². The number of aliphatic carboxylic acids is 1. The Morgan fingerprint density at radius 1 is 1.28 bits per heavy atom. The van der Waals surface area contributed by atoms with E-state index in [4.69, 9.17) is 5.11 Å². The number of halogens is 1. The maximum atomic E-state index is 12.8. The molecule has 0 aromatic heterocycles. The summed E-state index contributed by atoms with van der Waals surface area (Å²) in [6, 6.07) is 4.82. The highest BCUT2D eigenvalue weighted by Crippen LogP contribution is 2.14. The number of hydrogen-bond donors (Lipinski definition) is 2. The molecule has 100 valence electrons. The SMILES string of the molecule is CCCCCCNC(C(=O)O)c1ccc(F)cc1. The zero-order valence-corrected chi connectivity index (χ0v) is 10.7. The van der Waals surface area contributed by atoms with Crippen LogP contribution in [0.25, 0.3) is 0 Å². The zero-order chi connectivity index (χ0) is 13.4. The number of carbonyl (C=O) groups is 1. The average Bonchev–Trinajstić information content (AvgIpc) is 2.35. The predicted octanol–water partition coefficient (Wildman–Crippen LogP) is 3.12. The summed E-state index contributed by atoms with van der Waals surface area (Å²) in [5, 5.41) is 12.1. The molecule has 0 saturated carbocycles. The molecule has 0 radical (unpaired) electrons. The maximum Gasteiger partial charge on any atom is 0.325 e. The Labute approximate surface area is 107 Å². The molecule has 18 heavy (non-hydrogen) atoms. The van der Waals surface area contributed by atoms with E-state index in [2.05, 4.69) is 12.2 Å². The fraction of sp³-hybridized carbons (Fsp3) is 0.500. The predicted molar refractivity (Wildman–Crippen MR) is 68.9 cm³/mol. The summed E-state index contributed by atoms with van der Waals surface area (Å²) in [4.78, 5) is 11.1. The topological polar surface area (TPSA) is 49.3 Å². The van der Waals surface area contributed by atoms with Gasteiger partial charge in [-0.2, -0.15) is 0 Å². The number of benzene rings is 1.